The minimum Gasteiger partial charge on any atom is -0.468 e. The van der Waals surface area contributed by atoms with E-state index in [0.29, 0.717) is 0 Å². The molecule has 0 radical (unpaired) electrons. The lowest BCUT2D eigenvalue weighted by Crippen LogP contribution is -2.55. The molecule has 0 aliphatic heterocycles. The fourth-order valence-electron chi connectivity index (χ4n) is 1.58. The predicted octanol–water partition coefficient (Wildman–Crippen LogP) is 0.455. The molecule has 0 aromatic heterocycles. The molecule has 0 heterocycles. The first kappa shape index (κ1) is 14.9. The van der Waals surface area contributed by atoms with Crippen LogP contribution in [0.5, 0.6) is 0 Å². The van der Waals surface area contributed by atoms with Crippen LogP contribution >= 0.6 is 0 Å². The Hall–Kier alpha value is -1.14. The second-order valence-electron chi connectivity index (χ2n) is 5.46. The van der Waals surface area contributed by atoms with E-state index in [0.717, 1.165) is 12.8 Å². The van der Waals surface area contributed by atoms with Crippen molar-refractivity contribution in [2.45, 2.75) is 45.2 Å². The maximum Gasteiger partial charge on any atom is 0.328 e. The van der Waals surface area contributed by atoms with E-state index >= 15 is 0 Å². The number of carbonyl (C=O) groups is 2. The zero-order valence-electron chi connectivity index (χ0n) is 11.4. The molecule has 2 N–H and O–H groups in total. The first-order valence-electron chi connectivity index (χ1n) is 6.10. The van der Waals surface area contributed by atoms with Crippen LogP contribution in [0.4, 0.5) is 0 Å². The zero-order chi connectivity index (χ0) is 13.9. The van der Waals surface area contributed by atoms with E-state index in [1.807, 2.05) is 20.8 Å². The highest BCUT2D eigenvalue weighted by Gasteiger charge is 2.40. The van der Waals surface area contributed by atoms with Crippen LogP contribution in [0.2, 0.25) is 0 Å². The Morgan fingerprint density at radius 2 is 1.94 bits per heavy atom. The number of hydrogen-bond donors (Lipinski definition) is 1. The molecule has 1 aliphatic rings. The first-order valence-corrected chi connectivity index (χ1v) is 6.10. The van der Waals surface area contributed by atoms with Crippen molar-refractivity contribution in [3.63, 3.8) is 0 Å². The summed E-state index contributed by atoms with van der Waals surface area (Å²) in [5.41, 5.74) is 5.06. The summed E-state index contributed by atoms with van der Waals surface area (Å²) in [6.45, 7) is 5.57. The minimum absolute atomic E-state index is 0.0297. The van der Waals surface area contributed by atoms with Crippen molar-refractivity contribution in [2.75, 3.05) is 13.7 Å². The molecule has 0 bridgehead atoms. The summed E-state index contributed by atoms with van der Waals surface area (Å²) in [5.74, 6) is -0.839. The van der Waals surface area contributed by atoms with Gasteiger partial charge in [0, 0.05) is 12.1 Å². The van der Waals surface area contributed by atoms with Crippen LogP contribution in [0, 0.1) is 5.92 Å². The summed E-state index contributed by atoms with van der Waals surface area (Å²) in [7, 11) is 1.29. The van der Waals surface area contributed by atoms with Crippen molar-refractivity contribution in [1.82, 2.24) is 5.06 Å². The van der Waals surface area contributed by atoms with Crippen molar-refractivity contribution in [2.24, 2.45) is 11.7 Å². The highest BCUT2D eigenvalue weighted by Crippen LogP contribution is 2.31. The Balaban J connectivity index is 2.81. The lowest BCUT2D eigenvalue weighted by atomic mass is 10.1. The largest absolute Gasteiger partial charge is 0.468 e. The summed E-state index contributed by atoms with van der Waals surface area (Å²) in [6, 6.07) is -0.780. The first-order chi connectivity index (χ1) is 8.31. The van der Waals surface area contributed by atoms with Gasteiger partial charge in [0.2, 0.25) is 0 Å². The van der Waals surface area contributed by atoms with E-state index < -0.39 is 17.6 Å². The molecule has 0 aromatic rings. The van der Waals surface area contributed by atoms with Crippen LogP contribution in [0.3, 0.4) is 0 Å². The van der Waals surface area contributed by atoms with Gasteiger partial charge in [-0.1, -0.05) is 0 Å². The number of hydrogen-bond acceptors (Lipinski definition) is 6. The van der Waals surface area contributed by atoms with Crippen LogP contribution in [-0.4, -0.2) is 42.2 Å². The predicted molar refractivity (Wildman–Crippen MR) is 65.3 cm³/mol. The number of ether oxygens (including phenoxy) is 1. The second kappa shape index (κ2) is 5.67. The molecule has 0 spiro atoms. The Bertz CT molecular complexity index is 321. The Morgan fingerprint density at radius 1 is 1.39 bits per heavy atom. The maximum absolute atomic E-state index is 11.7. The summed E-state index contributed by atoms with van der Waals surface area (Å²) in [6.07, 6.45) is 1.70. The summed E-state index contributed by atoms with van der Waals surface area (Å²) in [4.78, 5) is 28.7. The Morgan fingerprint density at radius 3 is 2.28 bits per heavy atom. The molecule has 0 aromatic carbocycles. The number of methoxy groups -OCH3 is 1. The van der Waals surface area contributed by atoms with Crippen LogP contribution in [0.1, 0.15) is 33.6 Å². The average molecular weight is 258 g/mol. The van der Waals surface area contributed by atoms with E-state index in [2.05, 4.69) is 4.74 Å². The number of rotatable bonds is 5. The number of nitrogens with zero attached hydrogens (tertiary/aromatic N) is 1. The molecule has 1 saturated carbocycles. The molecule has 1 fully saturated rings. The van der Waals surface area contributed by atoms with E-state index in [9.17, 15) is 9.59 Å². The molecule has 1 unspecified atom stereocenters. The maximum atomic E-state index is 11.7. The molecule has 18 heavy (non-hydrogen) atoms. The Labute approximate surface area is 107 Å². The highest BCUT2D eigenvalue weighted by atomic mass is 16.7. The quantitative estimate of drug-likeness (QED) is 0.569. The van der Waals surface area contributed by atoms with Crippen LogP contribution < -0.4 is 5.73 Å². The number of carbonyl (C=O) groups excluding carboxylic acids is 2. The van der Waals surface area contributed by atoms with Gasteiger partial charge in [0.1, 0.15) is 0 Å². The van der Waals surface area contributed by atoms with Crippen LogP contribution in [-0.2, 0) is 19.2 Å². The monoisotopic (exact) mass is 258 g/mol. The van der Waals surface area contributed by atoms with E-state index in [1.54, 1.807) is 0 Å². The SMILES string of the molecule is COC(=O)C(CN)N(OC(=O)C1CC1)C(C)(C)C. The molecule has 1 atom stereocenters. The van der Waals surface area contributed by atoms with Crippen molar-refractivity contribution in [1.29, 1.82) is 0 Å². The van der Waals surface area contributed by atoms with Crippen LogP contribution in [0.15, 0.2) is 0 Å². The third kappa shape index (κ3) is 3.68. The lowest BCUT2D eigenvalue weighted by molar-refractivity contribution is -0.233. The van der Waals surface area contributed by atoms with Gasteiger partial charge >= 0.3 is 11.9 Å². The minimum atomic E-state index is -0.780. The van der Waals surface area contributed by atoms with E-state index in [4.69, 9.17) is 10.6 Å². The topological polar surface area (TPSA) is 81.9 Å². The van der Waals surface area contributed by atoms with Gasteiger partial charge in [-0.15, -0.1) is 5.06 Å². The van der Waals surface area contributed by atoms with E-state index in [1.165, 1.54) is 12.2 Å². The normalized spacial score (nSPS) is 17.4. The van der Waals surface area contributed by atoms with Gasteiger partial charge in [0.15, 0.2) is 6.04 Å². The van der Waals surface area contributed by atoms with Gasteiger partial charge in [0.25, 0.3) is 0 Å². The van der Waals surface area contributed by atoms with Gasteiger partial charge in [0.05, 0.1) is 13.0 Å². The van der Waals surface area contributed by atoms with Crippen molar-refractivity contribution in [3.8, 4) is 0 Å². The van der Waals surface area contributed by atoms with Crippen molar-refractivity contribution >= 4 is 11.9 Å². The average Bonchev–Trinajstić information content (AvgIpc) is 3.10. The number of nitrogens with two attached hydrogens (primary N) is 1. The van der Waals surface area contributed by atoms with Gasteiger partial charge in [-0.2, -0.15) is 0 Å². The fourth-order valence-corrected chi connectivity index (χ4v) is 1.58. The zero-order valence-corrected chi connectivity index (χ0v) is 11.4. The molecule has 6 nitrogen and oxygen atoms in total. The standard InChI is InChI=1S/C12H22N2O4/c1-12(2,3)14(9(7-13)11(16)17-4)18-10(15)8-5-6-8/h8-9H,5-7,13H2,1-4H3. The van der Waals surface area contributed by atoms with Crippen molar-refractivity contribution < 1.29 is 19.2 Å². The smallest absolute Gasteiger partial charge is 0.328 e. The molecule has 0 amide bonds. The highest BCUT2D eigenvalue weighted by molar-refractivity contribution is 5.77. The molecule has 1 aliphatic carbocycles. The van der Waals surface area contributed by atoms with Gasteiger partial charge < -0.3 is 15.3 Å². The summed E-state index contributed by atoms with van der Waals surface area (Å²) < 4.78 is 4.69. The molecule has 104 valence electrons. The van der Waals surface area contributed by atoms with Crippen LogP contribution in [0.25, 0.3) is 0 Å². The number of hydroxylamine groups is 2. The Kier molecular flexibility index (Phi) is 4.70. The van der Waals surface area contributed by atoms with E-state index in [-0.39, 0.29) is 18.4 Å². The van der Waals surface area contributed by atoms with Gasteiger partial charge in [-0.25, -0.2) is 0 Å². The molecular formula is C12H22N2O4. The second-order valence-corrected chi connectivity index (χ2v) is 5.46. The third-order valence-corrected chi connectivity index (χ3v) is 2.74. The summed E-state index contributed by atoms with van der Waals surface area (Å²) in [5, 5.41) is 1.35. The number of esters is 1. The van der Waals surface area contributed by atoms with Gasteiger partial charge in [-0.05, 0) is 33.6 Å². The third-order valence-electron chi connectivity index (χ3n) is 2.74. The van der Waals surface area contributed by atoms with Gasteiger partial charge in [-0.3, -0.25) is 9.59 Å². The van der Waals surface area contributed by atoms with Crippen molar-refractivity contribution in [3.05, 3.63) is 0 Å². The molecule has 0 saturated heterocycles. The fraction of sp³-hybridized carbons (Fsp3) is 0.833. The molecular weight excluding hydrogens is 236 g/mol. The summed E-state index contributed by atoms with van der Waals surface area (Å²) >= 11 is 0. The lowest BCUT2D eigenvalue weighted by Gasteiger charge is -2.37. The molecule has 1 rings (SSSR count). The molecule has 6 heteroatoms.